The van der Waals surface area contributed by atoms with Crippen molar-refractivity contribution in [2.75, 3.05) is 19.6 Å². The van der Waals surface area contributed by atoms with E-state index in [0.717, 1.165) is 32.1 Å². The lowest BCUT2D eigenvalue weighted by Gasteiger charge is -2.32. The summed E-state index contributed by atoms with van der Waals surface area (Å²) in [5.74, 6) is 0.307. The summed E-state index contributed by atoms with van der Waals surface area (Å²) in [6, 6.07) is 0.0411. The van der Waals surface area contributed by atoms with Crippen molar-refractivity contribution in [2.45, 2.75) is 44.6 Å². The highest BCUT2D eigenvalue weighted by Gasteiger charge is 2.32. The predicted octanol–water partition coefficient (Wildman–Crippen LogP) is 0.856. The Morgan fingerprint density at radius 2 is 1.72 bits per heavy atom. The number of nitrogens with one attached hydrogen (secondary N) is 1. The van der Waals surface area contributed by atoms with Crippen LogP contribution >= 0.6 is 12.4 Å². The minimum atomic E-state index is -3.27. The second kappa shape index (κ2) is 7.05. The molecule has 7 heteroatoms. The fourth-order valence-electron chi connectivity index (χ4n) is 2.84. The molecular formula is C11H24ClN3O2S. The molecule has 1 aliphatic carbocycles. The van der Waals surface area contributed by atoms with E-state index >= 15 is 0 Å². The van der Waals surface area contributed by atoms with Crippen molar-refractivity contribution in [3.8, 4) is 0 Å². The van der Waals surface area contributed by atoms with Gasteiger partial charge in [-0.2, -0.15) is 17.4 Å². The molecule has 18 heavy (non-hydrogen) atoms. The number of hydrogen-bond acceptors (Lipinski definition) is 3. The zero-order valence-corrected chi connectivity index (χ0v) is 12.3. The molecule has 0 aromatic heterocycles. The van der Waals surface area contributed by atoms with E-state index in [2.05, 4.69) is 4.72 Å². The molecule has 2 aliphatic rings. The Morgan fingerprint density at radius 1 is 1.11 bits per heavy atom. The number of nitrogens with zero attached hydrogens (tertiary/aromatic N) is 1. The van der Waals surface area contributed by atoms with E-state index in [1.807, 2.05) is 0 Å². The van der Waals surface area contributed by atoms with Crippen LogP contribution in [-0.4, -0.2) is 38.4 Å². The monoisotopic (exact) mass is 297 g/mol. The minimum Gasteiger partial charge on any atom is -0.330 e. The standard InChI is InChI=1S/C11H23N3O2S.ClH/c12-9-10-5-1-2-6-11(10)13-17(15,16)14-7-3-4-8-14;/h10-11,13H,1-9,12H2;1H. The summed E-state index contributed by atoms with van der Waals surface area (Å²) >= 11 is 0. The molecule has 2 atom stereocenters. The zero-order valence-electron chi connectivity index (χ0n) is 10.7. The molecule has 2 unspecified atom stereocenters. The predicted molar refractivity (Wildman–Crippen MR) is 74.9 cm³/mol. The van der Waals surface area contributed by atoms with Crippen LogP contribution in [0.15, 0.2) is 0 Å². The van der Waals surface area contributed by atoms with Crippen LogP contribution in [0.2, 0.25) is 0 Å². The van der Waals surface area contributed by atoms with Gasteiger partial charge in [0.15, 0.2) is 0 Å². The van der Waals surface area contributed by atoms with Gasteiger partial charge >= 0.3 is 0 Å². The van der Waals surface area contributed by atoms with Crippen molar-refractivity contribution in [2.24, 2.45) is 11.7 Å². The first-order chi connectivity index (χ1) is 8.13. The highest BCUT2D eigenvalue weighted by atomic mass is 35.5. The molecule has 1 saturated heterocycles. The first kappa shape index (κ1) is 16.2. The van der Waals surface area contributed by atoms with Gasteiger partial charge in [-0.3, -0.25) is 0 Å². The normalized spacial score (nSPS) is 30.1. The van der Waals surface area contributed by atoms with Crippen LogP contribution in [0.3, 0.4) is 0 Å². The van der Waals surface area contributed by atoms with Crippen LogP contribution in [0, 0.1) is 5.92 Å². The Morgan fingerprint density at radius 3 is 2.33 bits per heavy atom. The molecule has 2 rings (SSSR count). The first-order valence-corrected chi connectivity index (χ1v) is 8.05. The number of nitrogens with two attached hydrogens (primary N) is 1. The molecule has 5 nitrogen and oxygen atoms in total. The molecule has 1 heterocycles. The van der Waals surface area contributed by atoms with Crippen LogP contribution in [-0.2, 0) is 10.2 Å². The van der Waals surface area contributed by atoms with Gasteiger partial charge < -0.3 is 5.73 Å². The molecule has 0 spiro atoms. The molecule has 0 radical (unpaired) electrons. The van der Waals surface area contributed by atoms with E-state index in [0.29, 0.717) is 25.6 Å². The summed E-state index contributed by atoms with van der Waals surface area (Å²) in [7, 11) is -3.27. The van der Waals surface area contributed by atoms with Crippen molar-refractivity contribution in [3.05, 3.63) is 0 Å². The van der Waals surface area contributed by atoms with E-state index in [-0.39, 0.29) is 18.4 Å². The summed E-state index contributed by atoms with van der Waals surface area (Å²) in [6.45, 7) is 1.90. The Balaban J connectivity index is 0.00000162. The second-order valence-electron chi connectivity index (χ2n) is 5.12. The van der Waals surface area contributed by atoms with E-state index in [9.17, 15) is 8.42 Å². The lowest BCUT2D eigenvalue weighted by atomic mass is 9.85. The number of halogens is 1. The summed E-state index contributed by atoms with van der Waals surface area (Å²) in [6.07, 6.45) is 6.20. The van der Waals surface area contributed by atoms with Gasteiger partial charge in [0, 0.05) is 19.1 Å². The minimum absolute atomic E-state index is 0. The highest BCUT2D eigenvalue weighted by Crippen LogP contribution is 2.25. The SMILES string of the molecule is Cl.NCC1CCCCC1NS(=O)(=O)N1CCCC1. The van der Waals surface area contributed by atoms with Crippen LogP contribution in [0.5, 0.6) is 0 Å². The number of rotatable bonds is 4. The van der Waals surface area contributed by atoms with E-state index in [1.165, 1.54) is 6.42 Å². The average Bonchev–Trinajstić information content (AvgIpc) is 2.83. The van der Waals surface area contributed by atoms with Crippen molar-refractivity contribution in [3.63, 3.8) is 0 Å². The van der Waals surface area contributed by atoms with Gasteiger partial charge in [0.1, 0.15) is 0 Å². The third-order valence-corrected chi connectivity index (χ3v) is 5.56. The van der Waals surface area contributed by atoms with Crippen molar-refractivity contribution in [1.29, 1.82) is 0 Å². The third kappa shape index (κ3) is 3.81. The molecule has 1 aliphatic heterocycles. The van der Waals surface area contributed by atoms with Crippen molar-refractivity contribution in [1.82, 2.24) is 9.03 Å². The molecule has 1 saturated carbocycles. The quantitative estimate of drug-likeness (QED) is 0.808. The second-order valence-corrected chi connectivity index (χ2v) is 6.82. The first-order valence-electron chi connectivity index (χ1n) is 6.61. The van der Waals surface area contributed by atoms with Crippen LogP contribution in [0.4, 0.5) is 0 Å². The van der Waals surface area contributed by atoms with Gasteiger partial charge in [-0.1, -0.05) is 12.8 Å². The summed E-state index contributed by atoms with van der Waals surface area (Å²) in [4.78, 5) is 0. The van der Waals surface area contributed by atoms with Gasteiger partial charge in [-0.25, -0.2) is 0 Å². The van der Waals surface area contributed by atoms with Crippen LogP contribution < -0.4 is 10.5 Å². The Kier molecular flexibility index (Phi) is 6.34. The van der Waals surface area contributed by atoms with E-state index in [1.54, 1.807) is 4.31 Å². The average molecular weight is 298 g/mol. The molecule has 0 amide bonds. The molecular weight excluding hydrogens is 274 g/mol. The summed E-state index contributed by atoms with van der Waals surface area (Å²) in [5, 5.41) is 0. The molecule has 2 fully saturated rings. The summed E-state index contributed by atoms with van der Waals surface area (Å²) < 4.78 is 28.7. The molecule has 108 valence electrons. The molecule has 0 bridgehead atoms. The molecule has 0 aromatic rings. The number of hydrogen-bond donors (Lipinski definition) is 2. The Labute approximate surface area is 116 Å². The Hall–Kier alpha value is 0.120. The van der Waals surface area contributed by atoms with Crippen LogP contribution in [0.25, 0.3) is 0 Å². The van der Waals surface area contributed by atoms with Gasteiger partial charge in [0.25, 0.3) is 10.2 Å². The maximum Gasteiger partial charge on any atom is 0.279 e. The maximum absolute atomic E-state index is 12.1. The van der Waals surface area contributed by atoms with Crippen LogP contribution in [0.1, 0.15) is 38.5 Å². The highest BCUT2D eigenvalue weighted by molar-refractivity contribution is 7.87. The molecule has 3 N–H and O–H groups in total. The van der Waals surface area contributed by atoms with Gasteiger partial charge in [-0.15, -0.1) is 12.4 Å². The fourth-order valence-corrected chi connectivity index (χ4v) is 4.42. The van der Waals surface area contributed by atoms with Gasteiger partial charge in [-0.05, 0) is 38.1 Å². The van der Waals surface area contributed by atoms with Gasteiger partial charge in [0.2, 0.25) is 0 Å². The molecule has 0 aromatic carbocycles. The van der Waals surface area contributed by atoms with E-state index < -0.39 is 10.2 Å². The lowest BCUT2D eigenvalue weighted by molar-refractivity contribution is 0.291. The van der Waals surface area contributed by atoms with Crippen molar-refractivity contribution >= 4 is 22.6 Å². The fraction of sp³-hybridized carbons (Fsp3) is 1.00. The lowest BCUT2D eigenvalue weighted by Crippen LogP contribution is -2.49. The zero-order chi connectivity index (χ0) is 12.3. The topological polar surface area (TPSA) is 75.4 Å². The van der Waals surface area contributed by atoms with E-state index in [4.69, 9.17) is 5.73 Å². The maximum atomic E-state index is 12.1. The summed E-state index contributed by atoms with van der Waals surface area (Å²) in [5.41, 5.74) is 5.72. The third-order valence-electron chi connectivity index (χ3n) is 3.92. The largest absolute Gasteiger partial charge is 0.330 e. The smallest absolute Gasteiger partial charge is 0.279 e. The van der Waals surface area contributed by atoms with Gasteiger partial charge in [0.05, 0.1) is 0 Å². The van der Waals surface area contributed by atoms with Crippen molar-refractivity contribution < 1.29 is 8.42 Å². The Bertz CT molecular complexity index is 344.